The number of para-hydroxylation sites is 1. The Kier molecular flexibility index (Phi) is 4.97. The summed E-state index contributed by atoms with van der Waals surface area (Å²) in [6.07, 6.45) is 0. The van der Waals surface area contributed by atoms with Gasteiger partial charge in [-0.2, -0.15) is 4.68 Å². The number of aromatic nitrogens is 4. The van der Waals surface area contributed by atoms with E-state index >= 15 is 0 Å². The van der Waals surface area contributed by atoms with E-state index in [1.165, 1.54) is 11.8 Å². The summed E-state index contributed by atoms with van der Waals surface area (Å²) < 4.78 is 1.66. The van der Waals surface area contributed by atoms with Crippen LogP contribution >= 0.6 is 11.8 Å². The van der Waals surface area contributed by atoms with E-state index < -0.39 is 0 Å². The number of aliphatic hydroxyl groups excluding tert-OH is 1. The van der Waals surface area contributed by atoms with Crippen molar-refractivity contribution in [1.29, 1.82) is 0 Å². The van der Waals surface area contributed by atoms with Gasteiger partial charge in [-0.15, -0.1) is 5.10 Å². The molecule has 1 aromatic heterocycles. The van der Waals surface area contributed by atoms with Gasteiger partial charge in [-0.25, -0.2) is 0 Å². The third-order valence-corrected chi connectivity index (χ3v) is 4.49. The number of rotatable bonds is 5. The van der Waals surface area contributed by atoms with Crippen LogP contribution in [0.15, 0.2) is 35.5 Å². The van der Waals surface area contributed by atoms with E-state index in [9.17, 15) is 5.11 Å². The van der Waals surface area contributed by atoms with Crippen LogP contribution in [0, 0.1) is 5.41 Å². The van der Waals surface area contributed by atoms with Crippen LogP contribution < -0.4 is 5.73 Å². The molecule has 6 nitrogen and oxygen atoms in total. The Morgan fingerprint density at radius 3 is 2.52 bits per heavy atom. The Labute approximate surface area is 128 Å². The van der Waals surface area contributed by atoms with Crippen LogP contribution in [-0.4, -0.2) is 43.2 Å². The number of hydrogen-bond acceptors (Lipinski definition) is 6. The zero-order valence-corrected chi connectivity index (χ0v) is 13.3. The average Bonchev–Trinajstić information content (AvgIpc) is 2.92. The fourth-order valence-corrected chi connectivity index (χ4v) is 3.13. The minimum atomic E-state index is -0.173. The molecule has 3 N–H and O–H groups in total. The van der Waals surface area contributed by atoms with Crippen LogP contribution in [0.4, 0.5) is 0 Å². The van der Waals surface area contributed by atoms with Gasteiger partial charge < -0.3 is 10.8 Å². The number of aliphatic hydroxyl groups is 1. The van der Waals surface area contributed by atoms with Gasteiger partial charge in [0.05, 0.1) is 17.5 Å². The summed E-state index contributed by atoms with van der Waals surface area (Å²) >= 11 is 1.40. The molecule has 0 spiro atoms. The Hall–Kier alpha value is -1.44. The minimum absolute atomic E-state index is 0.0231. The number of nitrogens with zero attached hydrogens (tertiary/aromatic N) is 4. The summed E-state index contributed by atoms with van der Waals surface area (Å²) in [5.74, 6) is 0. The zero-order valence-electron chi connectivity index (χ0n) is 12.5. The normalized spacial score (nSPS) is 14.9. The number of benzene rings is 1. The second-order valence-electron chi connectivity index (χ2n) is 5.94. The molecule has 2 atom stereocenters. The SMILES string of the molecule is CC(C)(C)C(N)C(CO)Sc1nnnn1-c1ccccc1. The van der Waals surface area contributed by atoms with Gasteiger partial charge in [0, 0.05) is 6.04 Å². The molecule has 21 heavy (non-hydrogen) atoms. The highest BCUT2D eigenvalue weighted by Gasteiger charge is 2.30. The van der Waals surface area contributed by atoms with E-state index in [1.54, 1.807) is 4.68 Å². The molecule has 1 aromatic carbocycles. The zero-order chi connectivity index (χ0) is 15.5. The molecule has 2 rings (SSSR count). The van der Waals surface area contributed by atoms with Gasteiger partial charge in [0.25, 0.3) is 0 Å². The number of tetrazole rings is 1. The molecule has 0 amide bonds. The highest BCUT2D eigenvalue weighted by atomic mass is 32.2. The first-order chi connectivity index (χ1) is 9.93. The Balaban J connectivity index is 2.22. The molecule has 1 heterocycles. The van der Waals surface area contributed by atoms with Gasteiger partial charge in [0.2, 0.25) is 5.16 Å². The molecule has 0 fully saturated rings. The lowest BCUT2D eigenvalue weighted by Crippen LogP contribution is -2.45. The van der Waals surface area contributed by atoms with Crippen LogP contribution in [0.5, 0.6) is 0 Å². The molecule has 114 valence electrons. The van der Waals surface area contributed by atoms with Crippen molar-refractivity contribution < 1.29 is 5.11 Å². The second-order valence-corrected chi connectivity index (χ2v) is 7.15. The van der Waals surface area contributed by atoms with E-state index in [-0.39, 0.29) is 23.3 Å². The summed E-state index contributed by atoms with van der Waals surface area (Å²) in [7, 11) is 0. The van der Waals surface area contributed by atoms with Gasteiger partial charge in [0.15, 0.2) is 0 Å². The topological polar surface area (TPSA) is 89.8 Å². The molecule has 0 saturated carbocycles. The predicted molar refractivity (Wildman–Crippen MR) is 83.3 cm³/mol. The highest BCUT2D eigenvalue weighted by Crippen LogP contribution is 2.30. The lowest BCUT2D eigenvalue weighted by Gasteiger charge is -2.32. The standard InChI is InChI=1S/C14H21N5OS/c1-14(2,3)12(15)11(9-20)21-13-16-17-18-19(13)10-7-5-4-6-8-10/h4-8,11-12,20H,9,15H2,1-3H3. The smallest absolute Gasteiger partial charge is 0.214 e. The van der Waals surface area contributed by atoms with E-state index in [4.69, 9.17) is 5.73 Å². The molecule has 0 radical (unpaired) electrons. The van der Waals surface area contributed by atoms with E-state index in [0.717, 1.165) is 5.69 Å². The molecule has 0 aliphatic heterocycles. The van der Waals surface area contributed by atoms with Crippen LogP contribution in [-0.2, 0) is 0 Å². The summed E-state index contributed by atoms with van der Waals surface area (Å²) in [4.78, 5) is 0. The van der Waals surface area contributed by atoms with Crippen molar-refractivity contribution >= 4 is 11.8 Å². The van der Waals surface area contributed by atoms with Gasteiger partial charge in [-0.3, -0.25) is 0 Å². The summed E-state index contributed by atoms with van der Waals surface area (Å²) in [5, 5.41) is 21.9. The maximum atomic E-state index is 9.64. The van der Waals surface area contributed by atoms with Gasteiger partial charge in [-0.1, -0.05) is 50.7 Å². The average molecular weight is 307 g/mol. The van der Waals surface area contributed by atoms with Crippen LogP contribution in [0.25, 0.3) is 5.69 Å². The number of thioether (sulfide) groups is 1. The number of nitrogens with two attached hydrogens (primary N) is 1. The first kappa shape index (κ1) is 15.9. The monoisotopic (exact) mass is 307 g/mol. The fourth-order valence-electron chi connectivity index (χ4n) is 1.90. The lowest BCUT2D eigenvalue weighted by molar-refractivity contribution is 0.233. The molecule has 0 bridgehead atoms. The first-order valence-corrected chi connectivity index (χ1v) is 7.68. The fraction of sp³-hybridized carbons (Fsp3) is 0.500. The highest BCUT2D eigenvalue weighted by molar-refractivity contribution is 7.99. The third kappa shape index (κ3) is 3.81. The quantitative estimate of drug-likeness (QED) is 0.813. The van der Waals surface area contributed by atoms with Crippen molar-refractivity contribution in [3.05, 3.63) is 30.3 Å². The van der Waals surface area contributed by atoms with Crippen molar-refractivity contribution in [2.45, 2.75) is 37.2 Å². The minimum Gasteiger partial charge on any atom is -0.395 e. The third-order valence-electron chi connectivity index (χ3n) is 3.28. The Morgan fingerprint density at radius 1 is 1.29 bits per heavy atom. The van der Waals surface area contributed by atoms with Crippen molar-refractivity contribution in [1.82, 2.24) is 20.2 Å². The Morgan fingerprint density at radius 2 is 1.95 bits per heavy atom. The molecule has 7 heteroatoms. The summed E-state index contributed by atoms with van der Waals surface area (Å²) in [5.41, 5.74) is 7.03. The van der Waals surface area contributed by atoms with Crippen LogP contribution in [0.3, 0.4) is 0 Å². The van der Waals surface area contributed by atoms with Gasteiger partial charge >= 0.3 is 0 Å². The second kappa shape index (κ2) is 6.55. The number of hydrogen-bond donors (Lipinski definition) is 2. The van der Waals surface area contributed by atoms with E-state index in [1.807, 2.05) is 30.3 Å². The largest absolute Gasteiger partial charge is 0.395 e. The van der Waals surface area contributed by atoms with Crippen molar-refractivity contribution in [2.24, 2.45) is 11.1 Å². The molecule has 2 unspecified atom stereocenters. The lowest BCUT2D eigenvalue weighted by atomic mass is 9.85. The van der Waals surface area contributed by atoms with Crippen molar-refractivity contribution in [3.63, 3.8) is 0 Å². The summed E-state index contributed by atoms with van der Waals surface area (Å²) in [6, 6.07) is 9.47. The predicted octanol–water partition coefficient (Wildman–Crippen LogP) is 1.49. The molecular weight excluding hydrogens is 286 g/mol. The molecule has 0 aliphatic carbocycles. The van der Waals surface area contributed by atoms with Gasteiger partial charge in [0.1, 0.15) is 0 Å². The summed E-state index contributed by atoms with van der Waals surface area (Å²) in [6.45, 7) is 6.15. The van der Waals surface area contributed by atoms with Gasteiger partial charge in [-0.05, 0) is 28.0 Å². The van der Waals surface area contributed by atoms with Crippen LogP contribution in [0.2, 0.25) is 0 Å². The molecule has 0 aliphatic rings. The van der Waals surface area contributed by atoms with Crippen molar-refractivity contribution in [2.75, 3.05) is 6.61 Å². The van der Waals surface area contributed by atoms with Crippen molar-refractivity contribution in [3.8, 4) is 5.69 Å². The molecular formula is C14H21N5OS. The maximum Gasteiger partial charge on any atom is 0.214 e. The maximum absolute atomic E-state index is 9.64. The van der Waals surface area contributed by atoms with E-state index in [2.05, 4.69) is 36.3 Å². The van der Waals surface area contributed by atoms with Crippen LogP contribution in [0.1, 0.15) is 20.8 Å². The first-order valence-electron chi connectivity index (χ1n) is 6.80. The van der Waals surface area contributed by atoms with E-state index in [0.29, 0.717) is 5.16 Å². The Bertz CT molecular complexity index is 566. The molecule has 2 aromatic rings. The molecule has 0 saturated heterocycles.